The molecular formula is C13H22N2O4S2. The maximum atomic E-state index is 11.2. The van der Waals surface area contributed by atoms with Crippen LogP contribution in [0.15, 0.2) is 11.4 Å². The Morgan fingerprint density at radius 2 is 2.05 bits per heavy atom. The minimum atomic E-state index is -3.00. The molecule has 0 bridgehead atoms. The minimum absolute atomic E-state index is 0.0628. The second-order valence-corrected chi connectivity index (χ2v) is 9.20. The van der Waals surface area contributed by atoms with Crippen molar-refractivity contribution >= 4 is 27.6 Å². The molecule has 0 aromatic carbocycles. The Bertz CT molecular complexity index is 600. The Morgan fingerprint density at radius 3 is 2.52 bits per heavy atom. The molecule has 1 aromatic rings. The number of sulfone groups is 1. The largest absolute Gasteiger partial charge is 0.481 e. The van der Waals surface area contributed by atoms with E-state index < -0.39 is 15.8 Å². The molecule has 0 aliphatic rings. The maximum Gasteiger partial charge on any atom is 0.313 e. The van der Waals surface area contributed by atoms with Crippen molar-refractivity contribution in [3.8, 4) is 0 Å². The summed E-state index contributed by atoms with van der Waals surface area (Å²) in [6.07, 6.45) is 3.44. The van der Waals surface area contributed by atoms with Gasteiger partial charge in [0, 0.05) is 30.1 Å². The molecule has 0 radical (unpaired) electrons. The number of carbonyl (C=O) groups is 1. The van der Waals surface area contributed by atoms with E-state index in [0.29, 0.717) is 18.1 Å². The first-order valence-corrected chi connectivity index (χ1v) is 9.63. The number of carboxylic acids is 1. The highest BCUT2D eigenvalue weighted by molar-refractivity contribution is 7.99. The van der Waals surface area contributed by atoms with Gasteiger partial charge in [-0.1, -0.05) is 32.5 Å². The Morgan fingerprint density at radius 1 is 1.43 bits per heavy atom. The van der Waals surface area contributed by atoms with Crippen LogP contribution >= 0.6 is 11.8 Å². The van der Waals surface area contributed by atoms with Crippen molar-refractivity contribution in [1.82, 2.24) is 9.55 Å². The molecule has 0 saturated heterocycles. The number of aromatic nitrogens is 2. The summed E-state index contributed by atoms with van der Waals surface area (Å²) in [6, 6.07) is 0. The third-order valence-corrected chi connectivity index (χ3v) is 4.81. The number of hydrogen-bond acceptors (Lipinski definition) is 5. The van der Waals surface area contributed by atoms with E-state index in [2.05, 4.69) is 4.98 Å². The van der Waals surface area contributed by atoms with Crippen LogP contribution < -0.4 is 0 Å². The topological polar surface area (TPSA) is 89.3 Å². The van der Waals surface area contributed by atoms with E-state index in [1.807, 2.05) is 25.3 Å². The summed E-state index contributed by atoms with van der Waals surface area (Å²) in [4.78, 5) is 15.0. The van der Waals surface area contributed by atoms with Gasteiger partial charge in [-0.15, -0.1) is 0 Å². The molecule has 1 rings (SSSR count). The van der Waals surface area contributed by atoms with Gasteiger partial charge in [0.1, 0.15) is 9.84 Å². The van der Waals surface area contributed by atoms with Crippen molar-refractivity contribution in [3.63, 3.8) is 0 Å². The van der Waals surface area contributed by atoms with Gasteiger partial charge < -0.3 is 9.67 Å². The first kappa shape index (κ1) is 18.0. The first-order valence-electron chi connectivity index (χ1n) is 6.59. The molecule has 0 amide bonds. The lowest BCUT2D eigenvalue weighted by Crippen LogP contribution is -2.19. The minimum Gasteiger partial charge on any atom is -0.481 e. The molecule has 0 atom stereocenters. The Balaban J connectivity index is 2.94. The monoisotopic (exact) mass is 334 g/mol. The standard InChI is InChI=1S/C13H22N2O4S2/c1-13(2,3)10-8-14-12(20-9-11(16)17)15(10)6-5-7-21(4,18)19/h8H,5-7,9H2,1-4H3,(H,16,17). The number of aliphatic carboxylic acids is 1. The Hall–Kier alpha value is -1.02. The Labute approximate surface area is 129 Å². The van der Waals surface area contributed by atoms with Crippen LogP contribution in [0.1, 0.15) is 32.9 Å². The van der Waals surface area contributed by atoms with E-state index in [-0.39, 0.29) is 16.9 Å². The van der Waals surface area contributed by atoms with Gasteiger partial charge in [0.25, 0.3) is 0 Å². The van der Waals surface area contributed by atoms with E-state index in [9.17, 15) is 13.2 Å². The Kier molecular flexibility index (Phi) is 5.86. The predicted molar refractivity (Wildman–Crippen MR) is 83.6 cm³/mol. The van der Waals surface area contributed by atoms with Crippen LogP contribution in [0.25, 0.3) is 0 Å². The summed E-state index contributed by atoms with van der Waals surface area (Å²) < 4.78 is 24.4. The van der Waals surface area contributed by atoms with E-state index in [1.165, 1.54) is 6.26 Å². The summed E-state index contributed by atoms with van der Waals surface area (Å²) >= 11 is 1.15. The number of hydrogen-bond donors (Lipinski definition) is 1. The average molecular weight is 334 g/mol. The summed E-state index contributed by atoms with van der Waals surface area (Å²) in [5.74, 6) is -0.854. The molecule has 0 fully saturated rings. The smallest absolute Gasteiger partial charge is 0.313 e. The number of carboxylic acid groups (broad SMARTS) is 1. The fraction of sp³-hybridized carbons (Fsp3) is 0.692. The molecule has 0 aliphatic carbocycles. The summed E-state index contributed by atoms with van der Waals surface area (Å²) in [5, 5.41) is 9.40. The third-order valence-electron chi connectivity index (χ3n) is 2.81. The molecule has 6 nitrogen and oxygen atoms in total. The molecule has 0 aliphatic heterocycles. The normalized spacial score (nSPS) is 12.6. The van der Waals surface area contributed by atoms with Crippen molar-refractivity contribution < 1.29 is 18.3 Å². The molecule has 0 saturated carbocycles. The van der Waals surface area contributed by atoms with E-state index in [4.69, 9.17) is 5.11 Å². The van der Waals surface area contributed by atoms with Gasteiger partial charge in [0.05, 0.1) is 11.5 Å². The molecule has 8 heteroatoms. The number of rotatable bonds is 7. The molecular weight excluding hydrogens is 312 g/mol. The van der Waals surface area contributed by atoms with E-state index in [1.54, 1.807) is 6.20 Å². The molecule has 21 heavy (non-hydrogen) atoms. The van der Waals surface area contributed by atoms with Crippen molar-refractivity contribution in [1.29, 1.82) is 0 Å². The van der Waals surface area contributed by atoms with Crippen LogP contribution in [0.4, 0.5) is 0 Å². The molecule has 1 N–H and O–H groups in total. The zero-order chi connectivity index (χ0) is 16.3. The summed E-state index contributed by atoms with van der Waals surface area (Å²) in [7, 11) is -3.00. The quantitative estimate of drug-likeness (QED) is 0.765. The van der Waals surface area contributed by atoms with Crippen LogP contribution in [-0.2, 0) is 26.6 Å². The van der Waals surface area contributed by atoms with Crippen LogP contribution in [0, 0.1) is 0 Å². The summed E-state index contributed by atoms with van der Waals surface area (Å²) in [5.41, 5.74) is 0.837. The number of imidazole rings is 1. The lowest BCUT2D eigenvalue weighted by Gasteiger charge is -2.21. The van der Waals surface area contributed by atoms with Crippen molar-refractivity contribution in [2.75, 3.05) is 17.8 Å². The highest BCUT2D eigenvalue weighted by Crippen LogP contribution is 2.27. The number of thioether (sulfide) groups is 1. The van der Waals surface area contributed by atoms with Crippen molar-refractivity contribution in [2.24, 2.45) is 0 Å². The zero-order valence-electron chi connectivity index (χ0n) is 12.8. The second kappa shape index (κ2) is 6.83. The van der Waals surface area contributed by atoms with Gasteiger partial charge in [-0.2, -0.15) is 0 Å². The maximum absolute atomic E-state index is 11.2. The molecule has 1 aromatic heterocycles. The second-order valence-electron chi connectivity index (χ2n) is 5.99. The van der Waals surface area contributed by atoms with Gasteiger partial charge in [0.15, 0.2) is 5.16 Å². The van der Waals surface area contributed by atoms with Crippen LogP contribution in [0.5, 0.6) is 0 Å². The van der Waals surface area contributed by atoms with E-state index in [0.717, 1.165) is 17.5 Å². The lowest BCUT2D eigenvalue weighted by atomic mass is 9.92. The zero-order valence-corrected chi connectivity index (χ0v) is 14.4. The van der Waals surface area contributed by atoms with Gasteiger partial charge in [0.2, 0.25) is 0 Å². The van der Waals surface area contributed by atoms with Crippen LogP contribution in [-0.4, -0.2) is 46.8 Å². The van der Waals surface area contributed by atoms with Crippen molar-refractivity contribution in [2.45, 2.75) is 44.3 Å². The predicted octanol–water partition coefficient (Wildman–Crippen LogP) is 1.79. The van der Waals surface area contributed by atoms with Gasteiger partial charge in [-0.3, -0.25) is 4.79 Å². The lowest BCUT2D eigenvalue weighted by molar-refractivity contribution is -0.133. The fourth-order valence-electron chi connectivity index (χ4n) is 1.90. The van der Waals surface area contributed by atoms with Gasteiger partial charge in [-0.05, 0) is 6.42 Å². The first-order chi connectivity index (χ1) is 9.50. The van der Waals surface area contributed by atoms with E-state index >= 15 is 0 Å². The van der Waals surface area contributed by atoms with Crippen molar-refractivity contribution in [3.05, 3.63) is 11.9 Å². The number of nitrogens with zero attached hydrogens (tertiary/aromatic N) is 2. The highest BCUT2D eigenvalue weighted by Gasteiger charge is 2.22. The van der Waals surface area contributed by atoms with Crippen LogP contribution in [0.2, 0.25) is 0 Å². The van der Waals surface area contributed by atoms with Gasteiger partial charge in [-0.25, -0.2) is 13.4 Å². The van der Waals surface area contributed by atoms with Gasteiger partial charge >= 0.3 is 5.97 Å². The molecule has 0 unspecified atom stereocenters. The fourth-order valence-corrected chi connectivity index (χ4v) is 3.28. The molecule has 1 heterocycles. The highest BCUT2D eigenvalue weighted by atomic mass is 32.2. The molecule has 120 valence electrons. The SMILES string of the molecule is CC(C)(C)c1cnc(SCC(=O)O)n1CCCS(C)(=O)=O. The van der Waals surface area contributed by atoms with Crippen LogP contribution in [0.3, 0.4) is 0 Å². The average Bonchev–Trinajstić information content (AvgIpc) is 2.67. The summed E-state index contributed by atoms with van der Waals surface area (Å²) in [6.45, 7) is 6.65. The molecule has 0 spiro atoms. The third kappa shape index (κ3) is 6.09.